The summed E-state index contributed by atoms with van der Waals surface area (Å²) < 4.78 is 42.8. The highest BCUT2D eigenvalue weighted by atomic mass is 35.5. The first kappa shape index (κ1) is 16.6. The number of carboxylic acid groups (broad SMARTS) is 1. The fraction of sp³-hybridized carbons (Fsp3) is 0.417. The number of methoxy groups -OCH3 is 1. The minimum atomic E-state index is -4.55. The smallest absolute Gasteiger partial charge is 0.416 e. The number of rotatable bonds is 5. The molecular formula is C12H13ClF3NO3. The number of benzene rings is 1. The molecule has 0 spiro atoms. The highest BCUT2D eigenvalue weighted by Crippen LogP contribution is 2.39. The summed E-state index contributed by atoms with van der Waals surface area (Å²) in [6.07, 6.45) is -4.74. The Bertz CT molecular complexity index is 505. The second-order valence-electron chi connectivity index (χ2n) is 4.11. The van der Waals surface area contributed by atoms with Crippen LogP contribution < -0.4 is 10.5 Å². The zero-order valence-electron chi connectivity index (χ0n) is 10.5. The highest BCUT2D eigenvalue weighted by Gasteiger charge is 2.33. The number of aliphatic carboxylic acids is 1. The maximum atomic E-state index is 12.6. The zero-order chi connectivity index (χ0) is 15.5. The lowest BCUT2D eigenvalue weighted by Crippen LogP contribution is -2.15. The van der Waals surface area contributed by atoms with E-state index in [1.54, 1.807) is 0 Å². The van der Waals surface area contributed by atoms with Gasteiger partial charge in [0.1, 0.15) is 5.75 Å². The number of carbonyl (C=O) groups is 1. The van der Waals surface area contributed by atoms with Crippen molar-refractivity contribution in [1.82, 2.24) is 0 Å². The van der Waals surface area contributed by atoms with Gasteiger partial charge in [-0.25, -0.2) is 0 Å². The van der Waals surface area contributed by atoms with Crippen LogP contribution in [0.1, 0.15) is 30.0 Å². The summed E-state index contributed by atoms with van der Waals surface area (Å²) in [4.78, 5) is 10.5. The van der Waals surface area contributed by atoms with Gasteiger partial charge in [-0.3, -0.25) is 4.79 Å². The molecule has 20 heavy (non-hydrogen) atoms. The number of hydrogen-bond acceptors (Lipinski definition) is 3. The van der Waals surface area contributed by atoms with Crippen molar-refractivity contribution in [3.05, 3.63) is 28.3 Å². The molecule has 1 unspecified atom stereocenters. The summed E-state index contributed by atoms with van der Waals surface area (Å²) in [6, 6.07) is 0.720. The summed E-state index contributed by atoms with van der Waals surface area (Å²) in [6.45, 7) is 0. The lowest BCUT2D eigenvalue weighted by atomic mass is 9.99. The molecule has 112 valence electrons. The molecule has 0 aliphatic rings. The van der Waals surface area contributed by atoms with Crippen LogP contribution in [0.25, 0.3) is 0 Å². The molecule has 0 amide bonds. The first-order chi connectivity index (χ1) is 9.16. The van der Waals surface area contributed by atoms with Gasteiger partial charge in [0.2, 0.25) is 0 Å². The van der Waals surface area contributed by atoms with E-state index >= 15 is 0 Å². The maximum Gasteiger partial charge on any atom is 0.416 e. The number of carboxylic acids is 1. The van der Waals surface area contributed by atoms with E-state index in [0.717, 1.165) is 12.1 Å². The van der Waals surface area contributed by atoms with E-state index < -0.39 is 23.8 Å². The topological polar surface area (TPSA) is 72.5 Å². The van der Waals surface area contributed by atoms with Crippen LogP contribution in [0.5, 0.6) is 5.75 Å². The van der Waals surface area contributed by atoms with Gasteiger partial charge in [0.05, 0.1) is 12.7 Å². The summed E-state index contributed by atoms with van der Waals surface area (Å²) in [5.41, 5.74) is 4.99. The average Bonchev–Trinajstić information content (AvgIpc) is 2.33. The molecule has 0 radical (unpaired) electrons. The molecule has 0 saturated heterocycles. The molecule has 1 rings (SSSR count). The molecular weight excluding hydrogens is 299 g/mol. The van der Waals surface area contributed by atoms with Gasteiger partial charge in [0.15, 0.2) is 0 Å². The molecule has 8 heteroatoms. The van der Waals surface area contributed by atoms with Crippen LogP contribution in [-0.4, -0.2) is 18.2 Å². The van der Waals surface area contributed by atoms with Crippen molar-refractivity contribution in [1.29, 1.82) is 0 Å². The Hall–Kier alpha value is -1.47. The van der Waals surface area contributed by atoms with Crippen LogP contribution in [0.15, 0.2) is 12.1 Å². The van der Waals surface area contributed by atoms with Crippen LogP contribution in [0.4, 0.5) is 13.2 Å². The van der Waals surface area contributed by atoms with Crippen LogP contribution in [0.2, 0.25) is 5.02 Å². The average molecular weight is 312 g/mol. The molecule has 4 nitrogen and oxygen atoms in total. The van der Waals surface area contributed by atoms with Gasteiger partial charge >= 0.3 is 12.1 Å². The Morgan fingerprint density at radius 3 is 2.55 bits per heavy atom. The van der Waals surface area contributed by atoms with Gasteiger partial charge < -0.3 is 15.6 Å². The van der Waals surface area contributed by atoms with E-state index in [-0.39, 0.29) is 29.2 Å². The van der Waals surface area contributed by atoms with E-state index in [9.17, 15) is 18.0 Å². The van der Waals surface area contributed by atoms with Gasteiger partial charge in [0, 0.05) is 23.0 Å². The Labute approximate surface area is 118 Å². The lowest BCUT2D eigenvalue weighted by molar-refractivity contribution is -0.138. The summed E-state index contributed by atoms with van der Waals surface area (Å²) in [5.74, 6) is -1.16. The van der Waals surface area contributed by atoms with E-state index in [4.69, 9.17) is 27.2 Å². The van der Waals surface area contributed by atoms with Crippen molar-refractivity contribution in [3.8, 4) is 5.75 Å². The van der Waals surface area contributed by atoms with E-state index in [0.29, 0.717) is 0 Å². The Kier molecular flexibility index (Phi) is 5.24. The van der Waals surface area contributed by atoms with E-state index in [1.807, 2.05) is 0 Å². The summed E-state index contributed by atoms with van der Waals surface area (Å²) >= 11 is 5.82. The molecule has 1 aromatic rings. The van der Waals surface area contributed by atoms with Crippen molar-refractivity contribution in [2.75, 3.05) is 7.11 Å². The van der Waals surface area contributed by atoms with Gasteiger partial charge in [0.25, 0.3) is 0 Å². The van der Waals surface area contributed by atoms with Crippen LogP contribution in [-0.2, 0) is 11.0 Å². The number of halogens is 4. The van der Waals surface area contributed by atoms with Crippen molar-refractivity contribution in [2.24, 2.45) is 5.73 Å². The number of hydrogen-bond donors (Lipinski definition) is 2. The number of ether oxygens (including phenoxy) is 1. The van der Waals surface area contributed by atoms with E-state index in [2.05, 4.69) is 0 Å². The molecule has 0 aromatic heterocycles. The SMILES string of the molecule is COc1cc(C(F)(F)F)cc(Cl)c1C(N)CCC(=O)O. The Morgan fingerprint density at radius 2 is 2.10 bits per heavy atom. The molecule has 0 fully saturated rings. The normalized spacial score (nSPS) is 13.1. The fourth-order valence-electron chi connectivity index (χ4n) is 1.71. The maximum absolute atomic E-state index is 12.6. The van der Waals surface area contributed by atoms with Crippen LogP contribution in [0, 0.1) is 0 Å². The second kappa shape index (κ2) is 6.32. The molecule has 0 saturated carbocycles. The Morgan fingerprint density at radius 1 is 1.50 bits per heavy atom. The molecule has 3 N–H and O–H groups in total. The Balaban J connectivity index is 3.16. The van der Waals surface area contributed by atoms with Gasteiger partial charge in [-0.2, -0.15) is 13.2 Å². The third-order valence-electron chi connectivity index (χ3n) is 2.68. The molecule has 0 bridgehead atoms. The van der Waals surface area contributed by atoms with Gasteiger partial charge in [-0.05, 0) is 18.6 Å². The van der Waals surface area contributed by atoms with Crippen LogP contribution >= 0.6 is 11.6 Å². The first-order valence-corrected chi connectivity index (χ1v) is 5.96. The van der Waals surface area contributed by atoms with Crippen LogP contribution in [0.3, 0.4) is 0 Å². The minimum absolute atomic E-state index is 0.0385. The lowest BCUT2D eigenvalue weighted by Gasteiger charge is -2.19. The quantitative estimate of drug-likeness (QED) is 0.875. The molecule has 0 aliphatic heterocycles. The minimum Gasteiger partial charge on any atom is -0.496 e. The molecule has 0 heterocycles. The predicted molar refractivity (Wildman–Crippen MR) is 66.8 cm³/mol. The fourth-order valence-corrected chi connectivity index (χ4v) is 2.06. The standard InChI is InChI=1S/C12H13ClF3NO3/c1-20-9-5-6(12(14,15)16)4-7(13)11(9)8(17)2-3-10(18)19/h4-5,8H,2-3,17H2,1H3,(H,18,19). The number of nitrogens with two attached hydrogens (primary N) is 1. The van der Waals surface area contributed by atoms with Crippen molar-refractivity contribution in [3.63, 3.8) is 0 Å². The molecule has 1 aromatic carbocycles. The molecule has 0 aliphatic carbocycles. The predicted octanol–water partition coefficient (Wildman–Crippen LogP) is 3.23. The third kappa shape index (κ3) is 4.01. The second-order valence-corrected chi connectivity index (χ2v) is 4.52. The van der Waals surface area contributed by atoms with Crippen molar-refractivity contribution < 1.29 is 27.8 Å². The molecule has 1 atom stereocenters. The van der Waals surface area contributed by atoms with Crippen molar-refractivity contribution in [2.45, 2.75) is 25.1 Å². The van der Waals surface area contributed by atoms with Gasteiger partial charge in [-0.15, -0.1) is 0 Å². The number of alkyl halides is 3. The van der Waals surface area contributed by atoms with Crippen molar-refractivity contribution >= 4 is 17.6 Å². The third-order valence-corrected chi connectivity index (χ3v) is 2.99. The van der Waals surface area contributed by atoms with E-state index in [1.165, 1.54) is 7.11 Å². The van der Waals surface area contributed by atoms with Gasteiger partial charge in [-0.1, -0.05) is 11.6 Å². The summed E-state index contributed by atoms with van der Waals surface area (Å²) in [5, 5.41) is 8.39. The zero-order valence-corrected chi connectivity index (χ0v) is 11.3. The highest BCUT2D eigenvalue weighted by molar-refractivity contribution is 6.31. The monoisotopic (exact) mass is 311 g/mol. The summed E-state index contributed by atoms with van der Waals surface area (Å²) in [7, 11) is 1.19. The first-order valence-electron chi connectivity index (χ1n) is 5.58. The largest absolute Gasteiger partial charge is 0.496 e.